The molecule has 1 saturated heterocycles. The Morgan fingerprint density at radius 3 is 2.70 bits per heavy atom. The van der Waals surface area contributed by atoms with Gasteiger partial charge in [0, 0.05) is 37.6 Å². The second kappa shape index (κ2) is 6.95. The molecular formula is C20H27N3O3S. The summed E-state index contributed by atoms with van der Waals surface area (Å²) in [5.74, 6) is 1.70. The first-order valence-corrected chi connectivity index (χ1v) is 11.1. The average Bonchev–Trinajstić information content (AvgIpc) is 3.52. The van der Waals surface area contributed by atoms with Crippen molar-refractivity contribution in [2.24, 2.45) is 0 Å². The normalized spacial score (nSPS) is 21.0. The second-order valence-corrected chi connectivity index (χ2v) is 9.96. The number of fused-ring (bicyclic) bond motifs is 1. The first-order chi connectivity index (χ1) is 12.9. The second-order valence-electron chi connectivity index (χ2n) is 7.68. The highest BCUT2D eigenvalue weighted by atomic mass is 32.2. The van der Waals surface area contributed by atoms with Crippen molar-refractivity contribution in [1.82, 2.24) is 9.29 Å². The predicted molar refractivity (Wildman–Crippen MR) is 108 cm³/mol. The molecule has 4 rings (SSSR count). The molecule has 1 aliphatic carbocycles. The van der Waals surface area contributed by atoms with E-state index in [9.17, 15) is 8.42 Å². The van der Waals surface area contributed by atoms with Gasteiger partial charge < -0.3 is 9.64 Å². The summed E-state index contributed by atoms with van der Waals surface area (Å²) >= 11 is 0. The molecule has 2 heterocycles. The van der Waals surface area contributed by atoms with Crippen molar-refractivity contribution < 1.29 is 13.2 Å². The Bertz CT molecular complexity index is 956. The van der Waals surface area contributed by atoms with Gasteiger partial charge >= 0.3 is 0 Å². The third kappa shape index (κ3) is 3.50. The molecule has 27 heavy (non-hydrogen) atoms. The summed E-state index contributed by atoms with van der Waals surface area (Å²) in [5, 5.41) is 0.952. The van der Waals surface area contributed by atoms with Gasteiger partial charge in [0.15, 0.2) is 0 Å². The quantitative estimate of drug-likeness (QED) is 0.787. The van der Waals surface area contributed by atoms with E-state index in [0.717, 1.165) is 54.7 Å². The molecule has 1 saturated carbocycles. The molecular weight excluding hydrogens is 362 g/mol. The molecule has 6 nitrogen and oxygen atoms in total. The monoisotopic (exact) mass is 389 g/mol. The van der Waals surface area contributed by atoms with Crippen molar-refractivity contribution >= 4 is 26.7 Å². The van der Waals surface area contributed by atoms with Gasteiger partial charge in [-0.05, 0) is 56.4 Å². The minimum absolute atomic E-state index is 0.00691. The molecule has 0 N–H and O–H groups in total. The fourth-order valence-electron chi connectivity index (χ4n) is 3.92. The van der Waals surface area contributed by atoms with Gasteiger partial charge in [-0.1, -0.05) is 0 Å². The van der Waals surface area contributed by atoms with Crippen LogP contribution in [-0.2, 0) is 10.0 Å². The number of benzene rings is 1. The minimum Gasteiger partial charge on any atom is -0.497 e. The number of hydrogen-bond donors (Lipinski definition) is 0. The van der Waals surface area contributed by atoms with Crippen molar-refractivity contribution in [3.63, 3.8) is 0 Å². The van der Waals surface area contributed by atoms with Gasteiger partial charge in [-0.3, -0.25) is 0 Å². The zero-order valence-corrected chi connectivity index (χ0v) is 17.0. The molecule has 146 valence electrons. The number of hydrogen-bond acceptors (Lipinski definition) is 5. The summed E-state index contributed by atoms with van der Waals surface area (Å²) in [7, 11) is 0.245. The number of anilines is 1. The van der Waals surface area contributed by atoms with Crippen molar-refractivity contribution in [3.8, 4) is 5.75 Å². The van der Waals surface area contributed by atoms with Crippen LogP contribution < -0.4 is 9.64 Å². The Hall–Kier alpha value is -1.86. The number of aryl methyl sites for hydroxylation is 1. The standard InChI is InChI=1S/C20H27N3O3S/c1-14-11-20(21-19-12-16(26-3)6-9-18(14)19)23-10-4-5-15(13-23)22(2)27(24,25)17-7-8-17/h6,9,11-12,15,17H,4-5,7-8,10,13H2,1-3H3. The van der Waals surface area contributed by atoms with E-state index in [1.165, 1.54) is 5.56 Å². The topological polar surface area (TPSA) is 62.7 Å². The molecule has 1 aliphatic heterocycles. The van der Waals surface area contributed by atoms with E-state index in [2.05, 4.69) is 17.9 Å². The van der Waals surface area contributed by atoms with E-state index in [0.29, 0.717) is 6.54 Å². The minimum atomic E-state index is -3.15. The fourth-order valence-corrected chi connectivity index (χ4v) is 5.71. The van der Waals surface area contributed by atoms with Crippen LogP contribution >= 0.6 is 0 Å². The summed E-state index contributed by atoms with van der Waals surface area (Å²) in [5.41, 5.74) is 2.07. The van der Waals surface area contributed by atoms with Gasteiger partial charge in [0.1, 0.15) is 11.6 Å². The molecule has 1 unspecified atom stereocenters. The van der Waals surface area contributed by atoms with Crippen LogP contribution in [0, 0.1) is 6.92 Å². The van der Waals surface area contributed by atoms with E-state index in [-0.39, 0.29) is 11.3 Å². The van der Waals surface area contributed by atoms with Gasteiger partial charge in [-0.15, -0.1) is 0 Å². The number of methoxy groups -OCH3 is 1. The molecule has 2 aromatic rings. The molecule has 7 heteroatoms. The number of ether oxygens (including phenoxy) is 1. The van der Waals surface area contributed by atoms with Crippen molar-refractivity contribution in [3.05, 3.63) is 29.8 Å². The third-order valence-electron chi connectivity index (χ3n) is 5.79. The van der Waals surface area contributed by atoms with Crippen LogP contribution in [0.5, 0.6) is 5.75 Å². The highest BCUT2D eigenvalue weighted by Crippen LogP contribution is 2.33. The van der Waals surface area contributed by atoms with Crippen molar-refractivity contribution in [2.75, 3.05) is 32.1 Å². The highest BCUT2D eigenvalue weighted by Gasteiger charge is 2.41. The van der Waals surface area contributed by atoms with E-state index in [1.807, 2.05) is 18.2 Å². The zero-order valence-electron chi connectivity index (χ0n) is 16.2. The van der Waals surface area contributed by atoms with Gasteiger partial charge in [-0.2, -0.15) is 4.31 Å². The largest absolute Gasteiger partial charge is 0.497 e. The van der Waals surface area contributed by atoms with Gasteiger partial charge in [-0.25, -0.2) is 13.4 Å². The average molecular weight is 390 g/mol. The molecule has 0 amide bonds. The molecule has 1 aromatic heterocycles. The van der Waals surface area contributed by atoms with Crippen molar-refractivity contribution in [2.45, 2.75) is 43.9 Å². The fraction of sp³-hybridized carbons (Fsp3) is 0.550. The van der Waals surface area contributed by atoms with Crippen LogP contribution in [-0.4, -0.2) is 56.2 Å². The third-order valence-corrected chi connectivity index (χ3v) is 8.21. The van der Waals surface area contributed by atoms with Gasteiger partial charge in [0.2, 0.25) is 10.0 Å². The van der Waals surface area contributed by atoms with Gasteiger partial charge in [0.05, 0.1) is 17.9 Å². The van der Waals surface area contributed by atoms with Crippen LogP contribution in [0.1, 0.15) is 31.2 Å². The maximum atomic E-state index is 12.6. The Morgan fingerprint density at radius 2 is 2.00 bits per heavy atom. The lowest BCUT2D eigenvalue weighted by Gasteiger charge is -2.38. The van der Waals surface area contributed by atoms with Crippen LogP contribution in [0.4, 0.5) is 5.82 Å². The number of likely N-dealkylation sites (N-methyl/N-ethyl adjacent to an activating group) is 1. The summed E-state index contributed by atoms with van der Waals surface area (Å²) in [6, 6.07) is 8.05. The number of nitrogens with zero attached hydrogens (tertiary/aromatic N) is 3. The SMILES string of the molecule is COc1ccc2c(C)cc(N3CCCC(N(C)S(=O)(=O)C4CC4)C3)nc2c1. The Morgan fingerprint density at radius 1 is 1.22 bits per heavy atom. The van der Waals surface area contributed by atoms with Crippen LogP contribution in [0.3, 0.4) is 0 Å². The summed E-state index contributed by atoms with van der Waals surface area (Å²) in [6.45, 7) is 3.67. The first-order valence-electron chi connectivity index (χ1n) is 9.57. The van der Waals surface area contributed by atoms with Crippen LogP contribution in [0.25, 0.3) is 10.9 Å². The molecule has 2 fully saturated rings. The van der Waals surface area contributed by atoms with E-state index < -0.39 is 10.0 Å². The summed E-state index contributed by atoms with van der Waals surface area (Å²) < 4.78 is 32.2. The Kier molecular flexibility index (Phi) is 4.76. The molecule has 0 radical (unpaired) electrons. The maximum absolute atomic E-state index is 12.6. The van der Waals surface area contributed by atoms with Crippen LogP contribution in [0.2, 0.25) is 0 Å². The smallest absolute Gasteiger partial charge is 0.217 e. The molecule has 0 spiro atoms. The highest BCUT2D eigenvalue weighted by molar-refractivity contribution is 7.90. The number of sulfonamides is 1. The van der Waals surface area contributed by atoms with Gasteiger partial charge in [0.25, 0.3) is 0 Å². The van der Waals surface area contributed by atoms with E-state index in [4.69, 9.17) is 9.72 Å². The number of pyridine rings is 1. The number of rotatable bonds is 5. The van der Waals surface area contributed by atoms with Crippen LogP contribution in [0.15, 0.2) is 24.3 Å². The lowest BCUT2D eigenvalue weighted by atomic mass is 10.0. The van der Waals surface area contributed by atoms with Crippen molar-refractivity contribution in [1.29, 1.82) is 0 Å². The lowest BCUT2D eigenvalue weighted by Crippen LogP contribution is -2.49. The summed E-state index contributed by atoms with van der Waals surface area (Å²) in [6.07, 6.45) is 3.47. The first kappa shape index (κ1) is 18.5. The molecule has 1 atom stereocenters. The lowest BCUT2D eigenvalue weighted by molar-refractivity contribution is 0.319. The summed E-state index contributed by atoms with van der Waals surface area (Å²) in [4.78, 5) is 7.07. The Labute approximate surface area is 161 Å². The number of piperidine rings is 1. The maximum Gasteiger partial charge on any atom is 0.217 e. The number of aromatic nitrogens is 1. The Balaban J connectivity index is 1.61. The predicted octanol–water partition coefficient (Wildman–Crippen LogP) is 2.94. The molecule has 0 bridgehead atoms. The molecule has 1 aromatic carbocycles. The van der Waals surface area contributed by atoms with E-state index in [1.54, 1.807) is 18.5 Å². The molecule has 2 aliphatic rings. The zero-order chi connectivity index (χ0) is 19.2. The van der Waals surface area contributed by atoms with E-state index >= 15 is 0 Å².